The largest absolute Gasteiger partial charge is 0.278 e. The summed E-state index contributed by atoms with van der Waals surface area (Å²) in [4.78, 5) is 10.3. The highest BCUT2D eigenvalue weighted by Crippen LogP contribution is 2.33. The Hall–Kier alpha value is -1.94. The number of nitrogens with zero attached hydrogens (tertiary/aromatic N) is 1. The first-order valence-corrected chi connectivity index (χ1v) is 5.16. The van der Waals surface area contributed by atoms with Crippen LogP contribution in [0.4, 0.5) is 10.1 Å². The zero-order valence-corrected chi connectivity index (χ0v) is 9.32. The van der Waals surface area contributed by atoms with E-state index in [-0.39, 0.29) is 21.8 Å². The number of rotatable bonds is 2. The molecule has 0 spiro atoms. The average molecular weight is 252 g/mol. The van der Waals surface area contributed by atoms with Gasteiger partial charge in [0.2, 0.25) is 0 Å². The van der Waals surface area contributed by atoms with Crippen LogP contribution >= 0.6 is 11.6 Å². The van der Waals surface area contributed by atoms with Crippen LogP contribution in [0.25, 0.3) is 11.1 Å². The molecule has 17 heavy (non-hydrogen) atoms. The van der Waals surface area contributed by atoms with Gasteiger partial charge in [-0.25, -0.2) is 4.39 Å². The third kappa shape index (κ3) is 2.26. The molecule has 5 heteroatoms. The van der Waals surface area contributed by atoms with Crippen molar-refractivity contribution >= 4 is 17.3 Å². The highest BCUT2D eigenvalue weighted by atomic mass is 35.5. The Morgan fingerprint density at radius 1 is 1.12 bits per heavy atom. The van der Waals surface area contributed by atoms with Crippen LogP contribution in [0.3, 0.4) is 0 Å². The fraction of sp³-hybridized carbons (Fsp3) is 0. The van der Waals surface area contributed by atoms with Crippen molar-refractivity contribution in [1.82, 2.24) is 0 Å². The first-order chi connectivity index (χ1) is 8.09. The molecular weight excluding hydrogens is 245 g/mol. The van der Waals surface area contributed by atoms with Gasteiger partial charge in [-0.05, 0) is 18.2 Å². The summed E-state index contributed by atoms with van der Waals surface area (Å²) in [6.45, 7) is 0. The molecule has 0 bridgehead atoms. The van der Waals surface area contributed by atoms with Crippen molar-refractivity contribution in [3.8, 4) is 11.1 Å². The molecule has 0 saturated carbocycles. The standard InChI is InChI=1S/C12H7ClFNO2/c13-8-5-6-10(12(7-8)15(16)17)9-3-1-2-4-11(9)14/h1-7H. The smallest absolute Gasteiger partial charge is 0.258 e. The molecule has 0 N–H and O–H groups in total. The molecular formula is C12H7ClFNO2. The van der Waals surface area contributed by atoms with Crippen molar-refractivity contribution < 1.29 is 9.31 Å². The van der Waals surface area contributed by atoms with Gasteiger partial charge in [0.15, 0.2) is 0 Å². The molecule has 0 saturated heterocycles. The Morgan fingerprint density at radius 2 is 1.82 bits per heavy atom. The Bertz CT molecular complexity index is 586. The average Bonchev–Trinajstić information content (AvgIpc) is 2.30. The third-order valence-electron chi connectivity index (χ3n) is 2.32. The summed E-state index contributed by atoms with van der Waals surface area (Å²) >= 11 is 5.69. The maximum absolute atomic E-state index is 13.6. The molecule has 0 aliphatic rings. The highest BCUT2D eigenvalue weighted by Gasteiger charge is 2.17. The zero-order chi connectivity index (χ0) is 12.4. The number of halogens is 2. The number of benzene rings is 2. The lowest BCUT2D eigenvalue weighted by Gasteiger charge is -2.04. The lowest BCUT2D eigenvalue weighted by atomic mass is 10.0. The van der Waals surface area contributed by atoms with Crippen LogP contribution < -0.4 is 0 Å². The maximum Gasteiger partial charge on any atom is 0.278 e. The lowest BCUT2D eigenvalue weighted by Crippen LogP contribution is -1.93. The van der Waals surface area contributed by atoms with E-state index >= 15 is 0 Å². The van der Waals surface area contributed by atoms with E-state index in [1.807, 2.05) is 0 Å². The van der Waals surface area contributed by atoms with Gasteiger partial charge in [0, 0.05) is 16.7 Å². The van der Waals surface area contributed by atoms with Crippen molar-refractivity contribution in [1.29, 1.82) is 0 Å². The lowest BCUT2D eigenvalue weighted by molar-refractivity contribution is -0.384. The van der Waals surface area contributed by atoms with E-state index in [1.54, 1.807) is 6.07 Å². The summed E-state index contributed by atoms with van der Waals surface area (Å²) in [5.74, 6) is -0.502. The molecule has 2 rings (SSSR count). The van der Waals surface area contributed by atoms with E-state index in [4.69, 9.17) is 11.6 Å². The first-order valence-electron chi connectivity index (χ1n) is 4.78. The molecule has 0 heterocycles. The zero-order valence-electron chi connectivity index (χ0n) is 8.56. The quantitative estimate of drug-likeness (QED) is 0.597. The highest BCUT2D eigenvalue weighted by molar-refractivity contribution is 6.30. The minimum absolute atomic E-state index is 0.191. The molecule has 3 nitrogen and oxygen atoms in total. The van der Waals surface area contributed by atoms with Gasteiger partial charge in [-0.15, -0.1) is 0 Å². The topological polar surface area (TPSA) is 43.1 Å². The molecule has 0 radical (unpaired) electrons. The van der Waals surface area contributed by atoms with Gasteiger partial charge in [-0.3, -0.25) is 10.1 Å². The molecule has 0 fully saturated rings. The van der Waals surface area contributed by atoms with E-state index in [2.05, 4.69) is 0 Å². The van der Waals surface area contributed by atoms with Crippen LogP contribution in [-0.4, -0.2) is 4.92 Å². The fourth-order valence-corrected chi connectivity index (χ4v) is 1.73. The van der Waals surface area contributed by atoms with E-state index in [9.17, 15) is 14.5 Å². The summed E-state index contributed by atoms with van der Waals surface area (Å²) in [5, 5.41) is 11.1. The maximum atomic E-state index is 13.6. The van der Waals surface area contributed by atoms with Crippen molar-refractivity contribution in [3.05, 3.63) is 63.4 Å². The molecule has 0 aliphatic carbocycles. The van der Waals surface area contributed by atoms with Gasteiger partial charge < -0.3 is 0 Å². The van der Waals surface area contributed by atoms with Gasteiger partial charge in [0.25, 0.3) is 5.69 Å². The van der Waals surface area contributed by atoms with E-state index in [0.717, 1.165) is 0 Å². The Balaban J connectivity index is 2.68. The SMILES string of the molecule is O=[N+]([O-])c1cc(Cl)ccc1-c1ccccc1F. The monoisotopic (exact) mass is 251 g/mol. The fourth-order valence-electron chi connectivity index (χ4n) is 1.56. The molecule has 2 aromatic rings. The molecule has 0 amide bonds. The number of nitro benzene ring substituents is 1. The Kier molecular flexibility index (Phi) is 3.06. The van der Waals surface area contributed by atoms with Crippen LogP contribution in [0, 0.1) is 15.9 Å². The second kappa shape index (κ2) is 4.51. The van der Waals surface area contributed by atoms with Gasteiger partial charge in [-0.2, -0.15) is 0 Å². The number of nitro groups is 1. The normalized spacial score (nSPS) is 10.2. The van der Waals surface area contributed by atoms with Gasteiger partial charge >= 0.3 is 0 Å². The third-order valence-corrected chi connectivity index (χ3v) is 2.56. The van der Waals surface area contributed by atoms with Crippen LogP contribution in [0.15, 0.2) is 42.5 Å². The minimum atomic E-state index is -0.576. The van der Waals surface area contributed by atoms with E-state index in [1.165, 1.54) is 36.4 Å². The molecule has 0 aliphatic heterocycles. The van der Waals surface area contributed by atoms with Crippen LogP contribution in [0.5, 0.6) is 0 Å². The van der Waals surface area contributed by atoms with Crippen LogP contribution in [-0.2, 0) is 0 Å². The molecule has 86 valence electrons. The second-order valence-electron chi connectivity index (χ2n) is 3.40. The Labute approximate surface area is 102 Å². The van der Waals surface area contributed by atoms with Gasteiger partial charge in [0.05, 0.1) is 10.5 Å². The van der Waals surface area contributed by atoms with Crippen molar-refractivity contribution in [2.45, 2.75) is 0 Å². The first kappa shape index (κ1) is 11.5. The number of hydrogen-bond donors (Lipinski definition) is 0. The van der Waals surface area contributed by atoms with Gasteiger partial charge in [0.1, 0.15) is 5.82 Å². The number of hydrogen-bond acceptors (Lipinski definition) is 2. The second-order valence-corrected chi connectivity index (χ2v) is 3.83. The molecule has 0 unspecified atom stereocenters. The van der Waals surface area contributed by atoms with Crippen molar-refractivity contribution in [2.24, 2.45) is 0 Å². The molecule has 0 atom stereocenters. The Morgan fingerprint density at radius 3 is 2.47 bits per heavy atom. The van der Waals surface area contributed by atoms with Crippen LogP contribution in [0.1, 0.15) is 0 Å². The summed E-state index contributed by atoms with van der Waals surface area (Å²) in [6, 6.07) is 10.1. The summed E-state index contributed by atoms with van der Waals surface area (Å²) in [5.41, 5.74) is 0.205. The summed E-state index contributed by atoms with van der Waals surface area (Å²) in [6.07, 6.45) is 0. The summed E-state index contributed by atoms with van der Waals surface area (Å²) in [7, 11) is 0. The van der Waals surface area contributed by atoms with Crippen molar-refractivity contribution in [2.75, 3.05) is 0 Å². The van der Waals surface area contributed by atoms with Gasteiger partial charge in [-0.1, -0.05) is 29.8 Å². The van der Waals surface area contributed by atoms with E-state index < -0.39 is 10.7 Å². The molecule has 2 aromatic carbocycles. The minimum Gasteiger partial charge on any atom is -0.258 e. The predicted molar refractivity (Wildman–Crippen MR) is 63.5 cm³/mol. The van der Waals surface area contributed by atoms with E-state index in [0.29, 0.717) is 0 Å². The van der Waals surface area contributed by atoms with Crippen LogP contribution in [0.2, 0.25) is 5.02 Å². The van der Waals surface area contributed by atoms with Crippen molar-refractivity contribution in [3.63, 3.8) is 0 Å². The summed E-state index contributed by atoms with van der Waals surface area (Å²) < 4.78 is 13.6. The molecule has 0 aromatic heterocycles. The predicted octanol–water partition coefficient (Wildman–Crippen LogP) is 4.05.